The highest BCUT2D eigenvalue weighted by Crippen LogP contribution is 2.28. The summed E-state index contributed by atoms with van der Waals surface area (Å²) in [6.45, 7) is 0.966. The lowest BCUT2D eigenvalue weighted by atomic mass is 10.2. The first-order valence-electron chi connectivity index (χ1n) is 7.87. The molecule has 1 aromatic carbocycles. The maximum absolute atomic E-state index is 12.4. The Labute approximate surface area is 134 Å². The normalized spacial score (nSPS) is 13.9. The van der Waals surface area contributed by atoms with E-state index >= 15 is 0 Å². The Balaban J connectivity index is 1.45. The van der Waals surface area contributed by atoms with Gasteiger partial charge in [0.2, 0.25) is 0 Å². The van der Waals surface area contributed by atoms with Gasteiger partial charge in [0.25, 0.3) is 5.91 Å². The largest absolute Gasteiger partial charge is 0.370 e. The van der Waals surface area contributed by atoms with Gasteiger partial charge in [0.15, 0.2) is 0 Å². The van der Waals surface area contributed by atoms with E-state index in [0.29, 0.717) is 5.56 Å². The van der Waals surface area contributed by atoms with E-state index in [0.717, 1.165) is 34.9 Å². The van der Waals surface area contributed by atoms with Crippen LogP contribution < -0.4 is 10.6 Å². The molecular weight excluding hydrogens is 288 g/mol. The van der Waals surface area contributed by atoms with Crippen molar-refractivity contribution in [1.29, 1.82) is 0 Å². The maximum atomic E-state index is 12.4. The van der Waals surface area contributed by atoms with E-state index < -0.39 is 0 Å². The van der Waals surface area contributed by atoms with E-state index in [-0.39, 0.29) is 5.91 Å². The van der Waals surface area contributed by atoms with Gasteiger partial charge in [-0.05, 0) is 37.0 Å². The molecule has 0 atom stereocenters. The van der Waals surface area contributed by atoms with Gasteiger partial charge in [-0.15, -0.1) is 0 Å². The zero-order valence-electron chi connectivity index (χ0n) is 12.7. The van der Waals surface area contributed by atoms with Crippen LogP contribution in [0.5, 0.6) is 0 Å². The van der Waals surface area contributed by atoms with Gasteiger partial charge in [-0.1, -0.05) is 18.2 Å². The number of hydrogen-bond acceptors (Lipinski definition) is 3. The van der Waals surface area contributed by atoms with Crippen LogP contribution in [-0.2, 0) is 0 Å². The highest BCUT2D eigenvalue weighted by Gasteiger charge is 2.20. The number of pyridine rings is 1. The molecule has 1 saturated carbocycles. The second kappa shape index (κ2) is 5.76. The smallest absolute Gasteiger partial charge is 0.257 e. The Bertz CT molecular complexity index is 834. The third kappa shape index (κ3) is 3.04. The predicted molar refractivity (Wildman–Crippen MR) is 91.7 cm³/mol. The highest BCUT2D eigenvalue weighted by atomic mass is 16.1. The van der Waals surface area contributed by atoms with Gasteiger partial charge >= 0.3 is 0 Å². The van der Waals surface area contributed by atoms with Gasteiger partial charge in [-0.2, -0.15) is 0 Å². The van der Waals surface area contributed by atoms with Crippen LogP contribution in [0.25, 0.3) is 10.9 Å². The summed E-state index contributed by atoms with van der Waals surface area (Å²) >= 11 is 0. The standard InChI is InChI=1S/C18H18N4O/c23-18(22-16-11-19-15-4-2-1-3-14(15)16)13-7-8-17(21-10-13)20-9-12-5-6-12/h1-4,7-8,10-12,19H,5-6,9H2,(H,20,21)(H,22,23). The molecule has 23 heavy (non-hydrogen) atoms. The number of fused-ring (bicyclic) bond motifs is 1. The molecule has 0 radical (unpaired) electrons. The van der Waals surface area contributed by atoms with Crippen molar-refractivity contribution in [1.82, 2.24) is 9.97 Å². The molecule has 116 valence electrons. The third-order valence-corrected chi connectivity index (χ3v) is 4.13. The Hall–Kier alpha value is -2.82. The topological polar surface area (TPSA) is 69.8 Å². The average molecular weight is 306 g/mol. The summed E-state index contributed by atoms with van der Waals surface area (Å²) in [7, 11) is 0. The Morgan fingerprint density at radius 3 is 2.87 bits per heavy atom. The quantitative estimate of drug-likeness (QED) is 0.674. The number of carbonyl (C=O) groups excluding carboxylic acids is 1. The fourth-order valence-electron chi connectivity index (χ4n) is 2.57. The number of nitrogens with zero attached hydrogens (tertiary/aromatic N) is 1. The van der Waals surface area contributed by atoms with Crippen LogP contribution >= 0.6 is 0 Å². The molecule has 5 heteroatoms. The number of H-pyrrole nitrogens is 1. The number of aromatic amines is 1. The van der Waals surface area contributed by atoms with Gasteiger partial charge in [0.05, 0.1) is 11.3 Å². The Kier molecular flexibility index (Phi) is 3.46. The van der Waals surface area contributed by atoms with Crippen molar-refractivity contribution in [3.05, 3.63) is 54.4 Å². The number of para-hydroxylation sites is 1. The zero-order chi connectivity index (χ0) is 15.6. The fourth-order valence-corrected chi connectivity index (χ4v) is 2.57. The van der Waals surface area contributed by atoms with E-state index in [1.165, 1.54) is 12.8 Å². The summed E-state index contributed by atoms with van der Waals surface area (Å²) in [6, 6.07) is 11.5. The molecule has 2 heterocycles. The zero-order valence-corrected chi connectivity index (χ0v) is 12.7. The van der Waals surface area contributed by atoms with Crippen LogP contribution in [0.3, 0.4) is 0 Å². The summed E-state index contributed by atoms with van der Waals surface area (Å²) in [4.78, 5) is 19.8. The molecule has 4 rings (SSSR count). The molecule has 1 fully saturated rings. The molecule has 0 unspecified atom stereocenters. The fraction of sp³-hybridized carbons (Fsp3) is 0.222. The number of aromatic nitrogens is 2. The van der Waals surface area contributed by atoms with Crippen molar-refractivity contribution < 1.29 is 4.79 Å². The number of amides is 1. The molecule has 0 aliphatic heterocycles. The SMILES string of the molecule is O=C(Nc1c[nH]c2ccccc12)c1ccc(NCC2CC2)nc1. The highest BCUT2D eigenvalue weighted by molar-refractivity contribution is 6.08. The summed E-state index contributed by atoms with van der Waals surface area (Å²) in [6.07, 6.45) is 6.02. The Morgan fingerprint density at radius 2 is 2.09 bits per heavy atom. The van der Waals surface area contributed by atoms with Crippen LogP contribution in [0.2, 0.25) is 0 Å². The van der Waals surface area contributed by atoms with Crippen LogP contribution in [0, 0.1) is 5.92 Å². The summed E-state index contributed by atoms with van der Waals surface area (Å²) in [5, 5.41) is 7.22. The summed E-state index contributed by atoms with van der Waals surface area (Å²) in [5.74, 6) is 1.46. The first-order chi connectivity index (χ1) is 11.3. The van der Waals surface area contributed by atoms with Crippen LogP contribution in [-0.4, -0.2) is 22.4 Å². The van der Waals surface area contributed by atoms with E-state index in [4.69, 9.17) is 0 Å². The van der Waals surface area contributed by atoms with Crippen LogP contribution in [0.4, 0.5) is 11.5 Å². The lowest BCUT2D eigenvalue weighted by Gasteiger charge is -2.06. The predicted octanol–water partition coefficient (Wildman–Crippen LogP) is 3.64. The molecular formula is C18H18N4O. The molecule has 3 aromatic rings. The van der Waals surface area contributed by atoms with E-state index in [9.17, 15) is 4.79 Å². The van der Waals surface area contributed by atoms with Crippen molar-refractivity contribution in [2.24, 2.45) is 5.92 Å². The van der Waals surface area contributed by atoms with Gasteiger partial charge in [-0.25, -0.2) is 4.98 Å². The minimum atomic E-state index is -0.156. The van der Waals surface area contributed by atoms with Crippen molar-refractivity contribution in [2.45, 2.75) is 12.8 Å². The van der Waals surface area contributed by atoms with Crippen LogP contribution in [0.1, 0.15) is 23.2 Å². The monoisotopic (exact) mass is 306 g/mol. The number of carbonyl (C=O) groups is 1. The first-order valence-corrected chi connectivity index (χ1v) is 7.87. The van der Waals surface area contributed by atoms with Gasteiger partial charge < -0.3 is 15.6 Å². The second-order valence-corrected chi connectivity index (χ2v) is 5.96. The average Bonchev–Trinajstić information content (AvgIpc) is 3.34. The molecule has 1 aliphatic carbocycles. The van der Waals surface area contributed by atoms with E-state index in [1.54, 1.807) is 12.3 Å². The number of benzene rings is 1. The van der Waals surface area contributed by atoms with Gasteiger partial charge in [-0.3, -0.25) is 4.79 Å². The third-order valence-electron chi connectivity index (χ3n) is 4.13. The minimum absolute atomic E-state index is 0.156. The van der Waals surface area contributed by atoms with Gasteiger partial charge in [0.1, 0.15) is 5.82 Å². The molecule has 3 N–H and O–H groups in total. The van der Waals surface area contributed by atoms with Gasteiger partial charge in [0, 0.05) is 29.8 Å². The lowest BCUT2D eigenvalue weighted by molar-refractivity contribution is 0.102. The van der Waals surface area contributed by atoms with Crippen molar-refractivity contribution >= 4 is 28.3 Å². The summed E-state index contributed by atoms with van der Waals surface area (Å²) < 4.78 is 0. The molecule has 5 nitrogen and oxygen atoms in total. The van der Waals surface area contributed by atoms with Crippen molar-refractivity contribution in [2.75, 3.05) is 17.2 Å². The molecule has 1 aliphatic rings. The lowest BCUT2D eigenvalue weighted by Crippen LogP contribution is -2.12. The molecule has 0 bridgehead atoms. The molecule has 2 aromatic heterocycles. The number of rotatable bonds is 5. The van der Waals surface area contributed by atoms with Crippen molar-refractivity contribution in [3.63, 3.8) is 0 Å². The maximum Gasteiger partial charge on any atom is 0.257 e. The van der Waals surface area contributed by atoms with E-state index in [2.05, 4.69) is 20.6 Å². The minimum Gasteiger partial charge on any atom is -0.370 e. The van der Waals surface area contributed by atoms with Crippen LogP contribution in [0.15, 0.2) is 48.8 Å². The first kappa shape index (κ1) is 13.8. The number of anilines is 2. The van der Waals surface area contributed by atoms with Crippen molar-refractivity contribution in [3.8, 4) is 0 Å². The molecule has 1 amide bonds. The Morgan fingerprint density at radius 1 is 1.22 bits per heavy atom. The summed E-state index contributed by atoms with van der Waals surface area (Å²) in [5.41, 5.74) is 2.33. The number of nitrogens with one attached hydrogen (secondary N) is 3. The number of hydrogen-bond donors (Lipinski definition) is 3. The molecule has 0 spiro atoms. The second-order valence-electron chi connectivity index (χ2n) is 5.96. The van der Waals surface area contributed by atoms with E-state index in [1.807, 2.05) is 36.5 Å². The molecule has 0 saturated heterocycles.